The third kappa shape index (κ3) is 2.05. The quantitative estimate of drug-likeness (QED) is 0.788. The summed E-state index contributed by atoms with van der Waals surface area (Å²) >= 11 is 0. The van der Waals surface area contributed by atoms with Gasteiger partial charge < -0.3 is 13.9 Å². The molecule has 98 valence electrons. The van der Waals surface area contributed by atoms with E-state index in [1.165, 1.54) is 0 Å². The largest absolute Gasteiger partial charge is 0.454 e. The predicted molar refractivity (Wildman–Crippen MR) is 65.0 cm³/mol. The molecule has 0 spiro atoms. The Balaban J connectivity index is 1.93. The number of rotatable bonds is 3. The molecule has 3 rings (SSSR count). The topological polar surface area (TPSA) is 74.5 Å². The Hall–Kier alpha value is -2.37. The Kier molecular flexibility index (Phi) is 2.70. The van der Waals surface area contributed by atoms with Gasteiger partial charge in [-0.2, -0.15) is 0 Å². The third-order valence-electron chi connectivity index (χ3n) is 2.78. The number of Topliss-reactive ketones (excluding diaryl/α,β-unsaturated/α-hetero) is 1. The normalized spacial score (nSPS) is 13.0. The number of hydrogen-bond acceptors (Lipinski definition) is 6. The van der Waals surface area contributed by atoms with Gasteiger partial charge in [0.1, 0.15) is 0 Å². The van der Waals surface area contributed by atoms with E-state index in [9.17, 15) is 4.79 Å². The molecule has 0 saturated heterocycles. The summed E-state index contributed by atoms with van der Waals surface area (Å²) in [4.78, 5) is 11.7. The molecule has 1 aromatic carbocycles. The zero-order chi connectivity index (χ0) is 13.4. The summed E-state index contributed by atoms with van der Waals surface area (Å²) in [6.07, 6.45) is 0. The summed E-state index contributed by atoms with van der Waals surface area (Å²) in [6, 6.07) is 5.30. The van der Waals surface area contributed by atoms with Crippen LogP contribution in [0.1, 0.15) is 24.5 Å². The van der Waals surface area contributed by atoms with Crippen molar-refractivity contribution in [2.24, 2.45) is 5.92 Å². The van der Waals surface area contributed by atoms with Crippen LogP contribution in [0.15, 0.2) is 22.6 Å². The fraction of sp³-hybridized carbons (Fsp3) is 0.308. The van der Waals surface area contributed by atoms with E-state index in [0.717, 1.165) is 0 Å². The minimum absolute atomic E-state index is 0.0302. The second-order valence-electron chi connectivity index (χ2n) is 4.50. The molecule has 0 bridgehead atoms. The molecule has 0 amide bonds. The van der Waals surface area contributed by atoms with Crippen molar-refractivity contribution in [3.63, 3.8) is 0 Å². The number of fused-ring (bicyclic) bond motifs is 1. The Morgan fingerprint density at radius 1 is 1.21 bits per heavy atom. The number of nitrogens with zero attached hydrogens (tertiary/aromatic N) is 2. The molecular formula is C13H12N2O4. The molecule has 2 heterocycles. The van der Waals surface area contributed by atoms with E-state index in [2.05, 4.69) is 10.2 Å². The summed E-state index contributed by atoms with van der Waals surface area (Å²) in [6.45, 7) is 3.78. The zero-order valence-corrected chi connectivity index (χ0v) is 10.5. The monoisotopic (exact) mass is 260 g/mol. The van der Waals surface area contributed by atoms with Crippen molar-refractivity contribution in [2.45, 2.75) is 13.8 Å². The lowest BCUT2D eigenvalue weighted by atomic mass is 10.1. The van der Waals surface area contributed by atoms with Gasteiger partial charge in [-0.05, 0) is 18.2 Å². The average molecular weight is 260 g/mol. The highest BCUT2D eigenvalue weighted by Crippen LogP contribution is 2.35. The van der Waals surface area contributed by atoms with Gasteiger partial charge in [0.2, 0.25) is 18.5 Å². The van der Waals surface area contributed by atoms with Crippen LogP contribution in [0.3, 0.4) is 0 Å². The third-order valence-corrected chi connectivity index (χ3v) is 2.78. The van der Waals surface area contributed by atoms with Crippen LogP contribution in [0.5, 0.6) is 11.5 Å². The Morgan fingerprint density at radius 2 is 2.00 bits per heavy atom. The van der Waals surface area contributed by atoms with E-state index < -0.39 is 0 Å². The number of ketones is 1. The maximum absolute atomic E-state index is 11.7. The van der Waals surface area contributed by atoms with E-state index in [4.69, 9.17) is 13.9 Å². The zero-order valence-electron chi connectivity index (χ0n) is 10.5. The lowest BCUT2D eigenvalue weighted by Gasteiger charge is -1.98. The van der Waals surface area contributed by atoms with Gasteiger partial charge in [-0.15, -0.1) is 10.2 Å². The molecule has 2 aromatic rings. The van der Waals surface area contributed by atoms with Gasteiger partial charge in [-0.25, -0.2) is 0 Å². The van der Waals surface area contributed by atoms with Crippen molar-refractivity contribution in [2.75, 3.05) is 6.79 Å². The van der Waals surface area contributed by atoms with Crippen LogP contribution >= 0.6 is 0 Å². The Bertz CT molecular complexity index is 633. The second-order valence-corrected chi connectivity index (χ2v) is 4.50. The van der Waals surface area contributed by atoms with Crippen molar-refractivity contribution in [1.29, 1.82) is 0 Å². The average Bonchev–Trinajstić information content (AvgIpc) is 3.05. The fourth-order valence-electron chi connectivity index (χ4n) is 1.72. The standard InChI is InChI=1S/C13H12N2O4/c1-7(2)11(16)13-15-14-12(19-13)8-3-4-9-10(5-8)18-6-17-9/h3-5,7H,6H2,1-2H3. The summed E-state index contributed by atoms with van der Waals surface area (Å²) in [7, 11) is 0. The van der Waals surface area contributed by atoms with Crippen LogP contribution in [0.25, 0.3) is 11.5 Å². The predicted octanol–water partition coefficient (Wildman–Crippen LogP) is 2.30. The molecule has 0 fully saturated rings. The first-order chi connectivity index (χ1) is 9.15. The fourth-order valence-corrected chi connectivity index (χ4v) is 1.72. The first-order valence-corrected chi connectivity index (χ1v) is 5.93. The van der Waals surface area contributed by atoms with Crippen LogP contribution in [0.2, 0.25) is 0 Å². The Labute approximate surface area is 109 Å². The minimum atomic E-state index is -0.176. The lowest BCUT2D eigenvalue weighted by molar-refractivity contribution is 0.0905. The molecule has 0 atom stereocenters. The molecule has 0 aliphatic carbocycles. The molecule has 1 aliphatic heterocycles. The smallest absolute Gasteiger partial charge is 0.284 e. The first-order valence-electron chi connectivity index (χ1n) is 5.93. The SMILES string of the molecule is CC(C)C(=O)c1nnc(-c2ccc3c(c2)OCO3)o1. The molecule has 0 N–H and O–H groups in total. The number of ether oxygens (including phenoxy) is 2. The maximum Gasteiger partial charge on any atom is 0.284 e. The summed E-state index contributed by atoms with van der Waals surface area (Å²) in [5.41, 5.74) is 0.694. The van der Waals surface area contributed by atoms with E-state index in [-0.39, 0.29) is 24.4 Å². The van der Waals surface area contributed by atoms with Crippen molar-refractivity contribution in [3.8, 4) is 23.0 Å². The first kappa shape index (κ1) is 11.7. The molecular weight excluding hydrogens is 248 g/mol. The van der Waals surface area contributed by atoms with Crippen LogP contribution in [-0.4, -0.2) is 22.8 Å². The number of aromatic nitrogens is 2. The lowest BCUT2D eigenvalue weighted by Crippen LogP contribution is -2.07. The minimum Gasteiger partial charge on any atom is -0.454 e. The molecule has 1 aromatic heterocycles. The molecule has 6 nitrogen and oxygen atoms in total. The number of carbonyl (C=O) groups excluding carboxylic acids is 1. The van der Waals surface area contributed by atoms with Crippen LogP contribution < -0.4 is 9.47 Å². The van der Waals surface area contributed by atoms with Crippen molar-refractivity contribution >= 4 is 5.78 Å². The van der Waals surface area contributed by atoms with Crippen LogP contribution in [0.4, 0.5) is 0 Å². The molecule has 6 heteroatoms. The van der Waals surface area contributed by atoms with Gasteiger partial charge >= 0.3 is 0 Å². The molecule has 0 radical (unpaired) electrons. The highest BCUT2D eigenvalue weighted by atomic mass is 16.7. The van der Waals surface area contributed by atoms with Gasteiger partial charge in [0.05, 0.1) is 0 Å². The van der Waals surface area contributed by atoms with E-state index in [1.807, 2.05) is 0 Å². The van der Waals surface area contributed by atoms with E-state index in [1.54, 1.807) is 32.0 Å². The summed E-state index contributed by atoms with van der Waals surface area (Å²) in [5.74, 6) is 1.30. The van der Waals surface area contributed by atoms with Crippen molar-refractivity contribution in [1.82, 2.24) is 10.2 Å². The van der Waals surface area contributed by atoms with Gasteiger partial charge in [-0.1, -0.05) is 13.8 Å². The second kappa shape index (κ2) is 4.38. The van der Waals surface area contributed by atoms with E-state index >= 15 is 0 Å². The van der Waals surface area contributed by atoms with Crippen molar-refractivity contribution in [3.05, 3.63) is 24.1 Å². The molecule has 19 heavy (non-hydrogen) atoms. The van der Waals surface area contributed by atoms with Crippen LogP contribution in [0, 0.1) is 5.92 Å². The van der Waals surface area contributed by atoms with E-state index in [0.29, 0.717) is 23.0 Å². The van der Waals surface area contributed by atoms with Gasteiger partial charge in [0, 0.05) is 11.5 Å². The highest BCUT2D eigenvalue weighted by molar-refractivity contribution is 5.93. The number of carbonyl (C=O) groups is 1. The van der Waals surface area contributed by atoms with Gasteiger partial charge in [-0.3, -0.25) is 4.79 Å². The molecule has 0 unspecified atom stereocenters. The molecule has 1 aliphatic rings. The van der Waals surface area contributed by atoms with Gasteiger partial charge in [0.15, 0.2) is 11.5 Å². The number of benzene rings is 1. The van der Waals surface area contributed by atoms with Crippen molar-refractivity contribution < 1.29 is 18.7 Å². The maximum atomic E-state index is 11.7. The van der Waals surface area contributed by atoms with Gasteiger partial charge in [0.25, 0.3) is 5.89 Å². The Morgan fingerprint density at radius 3 is 2.79 bits per heavy atom. The highest BCUT2D eigenvalue weighted by Gasteiger charge is 2.20. The molecule has 0 saturated carbocycles. The number of hydrogen-bond donors (Lipinski definition) is 0. The summed E-state index contributed by atoms with van der Waals surface area (Å²) < 4.78 is 15.9. The summed E-state index contributed by atoms with van der Waals surface area (Å²) in [5, 5.41) is 7.65. The van der Waals surface area contributed by atoms with Crippen LogP contribution in [-0.2, 0) is 0 Å².